The molecule has 0 saturated carbocycles. The van der Waals surface area contributed by atoms with Crippen LogP contribution < -0.4 is 0 Å². The van der Waals surface area contributed by atoms with Gasteiger partial charge in [0.05, 0.1) is 25.9 Å². The van der Waals surface area contributed by atoms with Crippen molar-refractivity contribution in [3.8, 4) is 0 Å². The number of thioether (sulfide) groups is 1. The SMILES string of the molecule is COCCOCC(O)CSCCCO. The molecule has 0 amide bonds. The molecule has 0 aromatic heterocycles. The second kappa shape index (κ2) is 11.3. The minimum Gasteiger partial charge on any atom is -0.396 e. The highest BCUT2D eigenvalue weighted by molar-refractivity contribution is 7.99. The van der Waals surface area contributed by atoms with Crippen molar-refractivity contribution in [3.05, 3.63) is 0 Å². The van der Waals surface area contributed by atoms with Crippen molar-refractivity contribution in [2.45, 2.75) is 12.5 Å². The first-order valence-electron chi connectivity index (χ1n) is 4.74. The number of methoxy groups -OCH3 is 1. The van der Waals surface area contributed by atoms with Crippen molar-refractivity contribution < 1.29 is 19.7 Å². The number of rotatable bonds is 10. The summed E-state index contributed by atoms with van der Waals surface area (Å²) in [5, 5.41) is 17.9. The van der Waals surface area contributed by atoms with Crippen LogP contribution in [0.25, 0.3) is 0 Å². The molecule has 0 saturated heterocycles. The molecule has 0 radical (unpaired) electrons. The van der Waals surface area contributed by atoms with Crippen molar-refractivity contribution in [1.82, 2.24) is 0 Å². The normalized spacial score (nSPS) is 13.1. The van der Waals surface area contributed by atoms with E-state index in [9.17, 15) is 5.11 Å². The first-order chi connectivity index (χ1) is 6.81. The summed E-state index contributed by atoms with van der Waals surface area (Å²) in [6, 6.07) is 0. The van der Waals surface area contributed by atoms with E-state index in [2.05, 4.69) is 0 Å². The molecule has 14 heavy (non-hydrogen) atoms. The second-order valence-corrected chi connectivity index (χ2v) is 4.02. The standard InChI is InChI=1S/C9H20O4S/c1-12-4-5-13-7-9(11)8-14-6-2-3-10/h9-11H,2-8H2,1H3. The molecule has 0 bridgehead atoms. The van der Waals surface area contributed by atoms with Crippen LogP contribution in [-0.2, 0) is 9.47 Å². The van der Waals surface area contributed by atoms with Crippen LogP contribution in [0.4, 0.5) is 0 Å². The van der Waals surface area contributed by atoms with Gasteiger partial charge in [-0.3, -0.25) is 0 Å². The molecule has 0 heterocycles. The summed E-state index contributed by atoms with van der Waals surface area (Å²) in [7, 11) is 1.62. The van der Waals surface area contributed by atoms with Gasteiger partial charge in [0.25, 0.3) is 0 Å². The van der Waals surface area contributed by atoms with E-state index in [4.69, 9.17) is 14.6 Å². The minimum absolute atomic E-state index is 0.216. The molecule has 0 aromatic rings. The molecule has 0 rings (SSSR count). The lowest BCUT2D eigenvalue weighted by Crippen LogP contribution is -2.19. The van der Waals surface area contributed by atoms with Gasteiger partial charge in [0.15, 0.2) is 0 Å². The van der Waals surface area contributed by atoms with Crippen LogP contribution in [0.2, 0.25) is 0 Å². The molecule has 1 atom stereocenters. The van der Waals surface area contributed by atoms with E-state index in [0.29, 0.717) is 25.6 Å². The van der Waals surface area contributed by atoms with Gasteiger partial charge in [-0.2, -0.15) is 11.8 Å². The van der Waals surface area contributed by atoms with Gasteiger partial charge in [-0.15, -0.1) is 0 Å². The first-order valence-corrected chi connectivity index (χ1v) is 5.90. The Balaban J connectivity index is 3.07. The second-order valence-electron chi connectivity index (χ2n) is 2.87. The van der Waals surface area contributed by atoms with Crippen LogP contribution in [0.1, 0.15) is 6.42 Å². The van der Waals surface area contributed by atoms with Crippen LogP contribution in [0.5, 0.6) is 0 Å². The molecule has 0 fully saturated rings. The smallest absolute Gasteiger partial charge is 0.0863 e. The van der Waals surface area contributed by atoms with Gasteiger partial charge < -0.3 is 19.7 Å². The zero-order valence-electron chi connectivity index (χ0n) is 8.65. The molecule has 5 heteroatoms. The van der Waals surface area contributed by atoms with Crippen molar-refractivity contribution in [2.24, 2.45) is 0 Å². The Morgan fingerprint density at radius 1 is 1.36 bits per heavy atom. The first kappa shape index (κ1) is 14.2. The van der Waals surface area contributed by atoms with E-state index in [-0.39, 0.29) is 6.61 Å². The van der Waals surface area contributed by atoms with Crippen molar-refractivity contribution >= 4 is 11.8 Å². The zero-order chi connectivity index (χ0) is 10.6. The molecule has 0 spiro atoms. The molecular formula is C9H20O4S. The fourth-order valence-corrected chi connectivity index (χ4v) is 1.66. The van der Waals surface area contributed by atoms with Gasteiger partial charge in [-0.25, -0.2) is 0 Å². The summed E-state index contributed by atoms with van der Waals surface area (Å²) in [5.74, 6) is 1.54. The number of ether oxygens (including phenoxy) is 2. The third-order valence-corrected chi connectivity index (χ3v) is 2.70. The fourth-order valence-electron chi connectivity index (χ4n) is 0.796. The van der Waals surface area contributed by atoms with Crippen LogP contribution in [0, 0.1) is 0 Å². The van der Waals surface area contributed by atoms with Gasteiger partial charge >= 0.3 is 0 Å². The molecule has 4 nitrogen and oxygen atoms in total. The molecule has 1 unspecified atom stereocenters. The quantitative estimate of drug-likeness (QED) is 0.516. The Kier molecular flexibility index (Phi) is 11.4. The lowest BCUT2D eigenvalue weighted by molar-refractivity contribution is 0.0218. The molecule has 0 aliphatic heterocycles. The summed E-state index contributed by atoms with van der Waals surface area (Å²) >= 11 is 1.63. The summed E-state index contributed by atoms with van der Waals surface area (Å²) in [4.78, 5) is 0. The number of aliphatic hydroxyl groups is 2. The highest BCUT2D eigenvalue weighted by Gasteiger charge is 2.03. The van der Waals surface area contributed by atoms with E-state index >= 15 is 0 Å². The number of hydrogen-bond donors (Lipinski definition) is 2. The topological polar surface area (TPSA) is 58.9 Å². The monoisotopic (exact) mass is 224 g/mol. The average Bonchev–Trinajstić information content (AvgIpc) is 2.19. The number of hydrogen-bond acceptors (Lipinski definition) is 5. The third-order valence-electron chi connectivity index (χ3n) is 1.50. The summed E-state index contributed by atoms with van der Waals surface area (Å²) in [6.45, 7) is 1.65. The third kappa shape index (κ3) is 10.3. The Morgan fingerprint density at radius 2 is 2.14 bits per heavy atom. The maximum atomic E-state index is 9.40. The Bertz CT molecular complexity index is 101. The number of aliphatic hydroxyl groups excluding tert-OH is 2. The van der Waals surface area contributed by atoms with Gasteiger partial charge in [0.2, 0.25) is 0 Å². The highest BCUT2D eigenvalue weighted by atomic mass is 32.2. The molecule has 2 N–H and O–H groups in total. The van der Waals surface area contributed by atoms with Gasteiger partial charge in [-0.1, -0.05) is 0 Å². The summed E-state index contributed by atoms with van der Waals surface area (Å²) < 4.78 is 9.95. The van der Waals surface area contributed by atoms with Crippen LogP contribution in [0.15, 0.2) is 0 Å². The average molecular weight is 224 g/mol. The Hall–Kier alpha value is 0.190. The van der Waals surface area contributed by atoms with Crippen molar-refractivity contribution in [1.29, 1.82) is 0 Å². The summed E-state index contributed by atoms with van der Waals surface area (Å²) in [6.07, 6.45) is 0.359. The molecule has 0 aromatic carbocycles. The van der Waals surface area contributed by atoms with Crippen LogP contribution >= 0.6 is 11.8 Å². The van der Waals surface area contributed by atoms with Gasteiger partial charge in [-0.05, 0) is 12.2 Å². The lowest BCUT2D eigenvalue weighted by Gasteiger charge is -2.10. The van der Waals surface area contributed by atoms with Gasteiger partial charge in [0.1, 0.15) is 0 Å². The molecule has 0 aliphatic rings. The molecular weight excluding hydrogens is 204 g/mol. The Labute approximate surface area is 89.6 Å². The molecule has 0 aliphatic carbocycles. The predicted octanol–water partition coefficient (Wildman–Crippen LogP) is 0.126. The van der Waals surface area contributed by atoms with Crippen LogP contribution in [-0.4, -0.2) is 61.4 Å². The largest absolute Gasteiger partial charge is 0.396 e. The summed E-state index contributed by atoms with van der Waals surface area (Å²) in [5.41, 5.74) is 0. The maximum Gasteiger partial charge on any atom is 0.0863 e. The molecule has 86 valence electrons. The van der Waals surface area contributed by atoms with E-state index in [1.165, 1.54) is 0 Å². The zero-order valence-corrected chi connectivity index (χ0v) is 9.46. The van der Waals surface area contributed by atoms with E-state index < -0.39 is 6.10 Å². The predicted molar refractivity (Wildman–Crippen MR) is 57.7 cm³/mol. The van der Waals surface area contributed by atoms with E-state index in [0.717, 1.165) is 12.2 Å². The Morgan fingerprint density at radius 3 is 2.79 bits per heavy atom. The van der Waals surface area contributed by atoms with Crippen molar-refractivity contribution in [2.75, 3.05) is 45.0 Å². The van der Waals surface area contributed by atoms with E-state index in [1.54, 1.807) is 18.9 Å². The minimum atomic E-state index is -0.421. The van der Waals surface area contributed by atoms with Crippen molar-refractivity contribution in [3.63, 3.8) is 0 Å². The fraction of sp³-hybridized carbons (Fsp3) is 1.00. The lowest BCUT2D eigenvalue weighted by atomic mass is 10.4. The van der Waals surface area contributed by atoms with E-state index in [1.807, 2.05) is 0 Å². The van der Waals surface area contributed by atoms with Gasteiger partial charge in [0, 0.05) is 19.5 Å². The maximum absolute atomic E-state index is 9.40. The highest BCUT2D eigenvalue weighted by Crippen LogP contribution is 2.04. The van der Waals surface area contributed by atoms with Crippen LogP contribution in [0.3, 0.4) is 0 Å².